The summed E-state index contributed by atoms with van der Waals surface area (Å²) in [6.07, 6.45) is 3.86. The highest BCUT2D eigenvalue weighted by Gasteiger charge is 2.37. The fraction of sp³-hybridized carbons (Fsp3) is 0.368. The van der Waals surface area contributed by atoms with Gasteiger partial charge in [-0.2, -0.15) is 0 Å². The first-order valence-electron chi connectivity index (χ1n) is 8.95. The molecule has 6 nitrogen and oxygen atoms in total. The second-order valence-corrected chi connectivity index (χ2v) is 8.80. The van der Waals surface area contributed by atoms with Gasteiger partial charge in [-0.1, -0.05) is 19.1 Å². The molecule has 4 rings (SSSR count). The van der Waals surface area contributed by atoms with Crippen LogP contribution in [0.2, 0.25) is 0 Å². The Morgan fingerprint density at radius 2 is 1.96 bits per heavy atom. The molecule has 0 bridgehead atoms. The third-order valence-electron chi connectivity index (χ3n) is 4.82. The third kappa shape index (κ3) is 3.41. The zero-order valence-corrected chi connectivity index (χ0v) is 15.7. The van der Waals surface area contributed by atoms with Gasteiger partial charge >= 0.3 is 0 Å². The summed E-state index contributed by atoms with van der Waals surface area (Å²) in [5.74, 6) is 1.16. The van der Waals surface area contributed by atoms with Gasteiger partial charge in [0.25, 0.3) is 5.16 Å². The van der Waals surface area contributed by atoms with Crippen LogP contribution in [0.15, 0.2) is 52.2 Å². The van der Waals surface area contributed by atoms with E-state index in [4.69, 9.17) is 4.42 Å². The summed E-state index contributed by atoms with van der Waals surface area (Å²) in [6.45, 7) is 2.06. The molecule has 0 radical (unpaired) electrons. The number of halogens is 1. The number of aromatic nitrogens is 3. The smallest absolute Gasteiger partial charge is 0.250 e. The van der Waals surface area contributed by atoms with E-state index in [1.165, 1.54) is 24.3 Å². The Kier molecular flexibility index (Phi) is 4.59. The van der Waals surface area contributed by atoms with E-state index >= 15 is 0 Å². The molecule has 2 aromatic heterocycles. The minimum absolute atomic E-state index is 0.0584. The summed E-state index contributed by atoms with van der Waals surface area (Å²) >= 11 is 0. The van der Waals surface area contributed by atoms with Crippen LogP contribution in [0.4, 0.5) is 4.39 Å². The van der Waals surface area contributed by atoms with E-state index in [1.54, 1.807) is 29.9 Å². The van der Waals surface area contributed by atoms with E-state index in [2.05, 4.69) is 10.2 Å². The molecule has 0 N–H and O–H groups in total. The Morgan fingerprint density at radius 1 is 1.22 bits per heavy atom. The molecule has 1 aliphatic rings. The average molecular weight is 389 g/mol. The van der Waals surface area contributed by atoms with Crippen molar-refractivity contribution in [3.05, 3.63) is 65.6 Å². The lowest BCUT2D eigenvalue weighted by Gasteiger charge is -2.17. The lowest BCUT2D eigenvalue weighted by atomic mass is 10.1. The molecule has 0 amide bonds. The largest absolute Gasteiger partial charge is 0.467 e. The van der Waals surface area contributed by atoms with Crippen LogP contribution in [-0.2, 0) is 16.4 Å². The first-order chi connectivity index (χ1) is 13.0. The molecule has 3 aromatic rings. The molecule has 0 aliphatic heterocycles. The molecule has 1 aliphatic carbocycles. The van der Waals surface area contributed by atoms with Crippen molar-refractivity contribution in [1.29, 1.82) is 0 Å². The second-order valence-electron chi connectivity index (χ2n) is 6.77. The summed E-state index contributed by atoms with van der Waals surface area (Å²) in [4.78, 5) is 0. The number of sulfone groups is 1. The van der Waals surface area contributed by atoms with Crippen molar-refractivity contribution in [2.24, 2.45) is 0 Å². The monoisotopic (exact) mass is 389 g/mol. The van der Waals surface area contributed by atoms with E-state index < -0.39 is 20.9 Å². The molecular formula is C19H20FN3O3S. The molecule has 1 aromatic carbocycles. The van der Waals surface area contributed by atoms with Gasteiger partial charge in [-0.3, -0.25) is 4.57 Å². The van der Waals surface area contributed by atoms with Crippen LogP contribution in [-0.4, -0.2) is 23.2 Å². The molecule has 1 saturated carbocycles. The SMILES string of the molecule is CCC(c1ccc(F)cc1)S(=O)(=O)c1nnc(C2CC2)n1Cc1ccco1. The van der Waals surface area contributed by atoms with Crippen LogP contribution in [0.25, 0.3) is 0 Å². The van der Waals surface area contributed by atoms with Crippen LogP contribution in [0.5, 0.6) is 0 Å². The molecule has 1 unspecified atom stereocenters. The molecule has 142 valence electrons. The van der Waals surface area contributed by atoms with E-state index in [9.17, 15) is 12.8 Å². The van der Waals surface area contributed by atoms with Gasteiger partial charge in [-0.25, -0.2) is 12.8 Å². The summed E-state index contributed by atoms with van der Waals surface area (Å²) in [5, 5.41) is 7.36. The molecule has 0 spiro atoms. The summed E-state index contributed by atoms with van der Waals surface area (Å²) in [6, 6.07) is 9.13. The highest BCUT2D eigenvalue weighted by atomic mass is 32.2. The average Bonchev–Trinajstić information content (AvgIpc) is 3.18. The van der Waals surface area contributed by atoms with Gasteiger partial charge in [0.1, 0.15) is 17.4 Å². The fourth-order valence-corrected chi connectivity index (χ4v) is 5.13. The molecule has 27 heavy (non-hydrogen) atoms. The van der Waals surface area contributed by atoms with Crippen LogP contribution >= 0.6 is 0 Å². The number of benzene rings is 1. The van der Waals surface area contributed by atoms with Gasteiger partial charge in [-0.05, 0) is 49.1 Å². The Hall–Kier alpha value is -2.48. The predicted octanol–water partition coefficient (Wildman–Crippen LogP) is 3.86. The number of nitrogens with zero attached hydrogens (tertiary/aromatic N) is 3. The van der Waals surface area contributed by atoms with Crippen LogP contribution < -0.4 is 0 Å². The van der Waals surface area contributed by atoms with Gasteiger partial charge in [0, 0.05) is 5.92 Å². The zero-order valence-electron chi connectivity index (χ0n) is 14.9. The second kappa shape index (κ2) is 6.92. The zero-order chi connectivity index (χ0) is 19.0. The normalized spacial score (nSPS) is 15.8. The summed E-state index contributed by atoms with van der Waals surface area (Å²) in [7, 11) is -3.81. The Labute approximate surface area is 157 Å². The van der Waals surface area contributed by atoms with E-state index in [-0.39, 0.29) is 17.6 Å². The molecule has 0 saturated heterocycles. The first kappa shape index (κ1) is 17.9. The van der Waals surface area contributed by atoms with Gasteiger partial charge in [0.15, 0.2) is 0 Å². The van der Waals surface area contributed by atoms with Crippen LogP contribution in [0.3, 0.4) is 0 Å². The topological polar surface area (TPSA) is 78.0 Å². The highest BCUT2D eigenvalue weighted by molar-refractivity contribution is 7.91. The Balaban J connectivity index is 1.77. The van der Waals surface area contributed by atoms with Gasteiger partial charge in [-0.15, -0.1) is 10.2 Å². The number of hydrogen-bond donors (Lipinski definition) is 0. The van der Waals surface area contributed by atoms with Gasteiger partial charge in [0.2, 0.25) is 9.84 Å². The van der Waals surface area contributed by atoms with E-state index in [1.807, 2.05) is 0 Å². The van der Waals surface area contributed by atoms with E-state index in [0.717, 1.165) is 12.8 Å². The standard InChI is InChI=1S/C19H20FN3O3S/c1-2-17(13-7-9-15(20)10-8-13)27(24,25)19-22-21-18(14-5-6-14)23(19)12-16-4-3-11-26-16/h3-4,7-11,14,17H,2,5-6,12H2,1H3. The van der Waals surface area contributed by atoms with Crippen molar-refractivity contribution >= 4 is 9.84 Å². The summed E-state index contributed by atoms with van der Waals surface area (Å²) in [5.41, 5.74) is 0.541. The van der Waals surface area contributed by atoms with Gasteiger partial charge in [0.05, 0.1) is 18.1 Å². The molecule has 1 atom stereocenters. The van der Waals surface area contributed by atoms with Crippen molar-refractivity contribution < 1.29 is 17.2 Å². The number of hydrogen-bond acceptors (Lipinski definition) is 5. The number of rotatable bonds is 7. The summed E-state index contributed by atoms with van der Waals surface area (Å²) < 4.78 is 47.1. The molecule has 2 heterocycles. The molecular weight excluding hydrogens is 369 g/mol. The highest BCUT2D eigenvalue weighted by Crippen LogP contribution is 2.41. The van der Waals surface area contributed by atoms with Crippen molar-refractivity contribution in [2.45, 2.75) is 49.1 Å². The lowest BCUT2D eigenvalue weighted by molar-refractivity contribution is 0.473. The fourth-order valence-electron chi connectivity index (χ4n) is 3.30. The molecule has 1 fully saturated rings. The quantitative estimate of drug-likeness (QED) is 0.613. The van der Waals surface area contributed by atoms with Crippen molar-refractivity contribution in [3.63, 3.8) is 0 Å². The first-order valence-corrected chi connectivity index (χ1v) is 10.5. The van der Waals surface area contributed by atoms with Crippen molar-refractivity contribution in [1.82, 2.24) is 14.8 Å². The third-order valence-corrected chi connectivity index (χ3v) is 6.99. The van der Waals surface area contributed by atoms with Crippen molar-refractivity contribution in [2.75, 3.05) is 0 Å². The minimum atomic E-state index is -3.81. The maximum atomic E-state index is 13.4. The van der Waals surface area contributed by atoms with E-state index in [0.29, 0.717) is 23.6 Å². The van der Waals surface area contributed by atoms with Gasteiger partial charge < -0.3 is 4.42 Å². The van der Waals surface area contributed by atoms with Crippen molar-refractivity contribution in [3.8, 4) is 0 Å². The minimum Gasteiger partial charge on any atom is -0.467 e. The molecule has 8 heteroatoms. The lowest BCUT2D eigenvalue weighted by Crippen LogP contribution is -2.19. The van der Waals surface area contributed by atoms with Crippen LogP contribution in [0.1, 0.15) is 54.5 Å². The number of furan rings is 1. The Bertz CT molecular complexity index is 1020. The maximum Gasteiger partial charge on any atom is 0.250 e. The maximum absolute atomic E-state index is 13.4. The van der Waals surface area contributed by atoms with Crippen LogP contribution in [0, 0.1) is 5.82 Å². The predicted molar refractivity (Wildman–Crippen MR) is 96.4 cm³/mol. The Morgan fingerprint density at radius 3 is 2.56 bits per heavy atom.